The van der Waals surface area contributed by atoms with Crippen LogP contribution in [0.25, 0.3) is 5.13 Å². The Kier molecular flexibility index (Phi) is 6.41. The van der Waals surface area contributed by atoms with Gasteiger partial charge in [-0.3, -0.25) is 14.0 Å². The Morgan fingerprint density at radius 3 is 2.67 bits per heavy atom. The molecule has 0 fully saturated rings. The van der Waals surface area contributed by atoms with Gasteiger partial charge >= 0.3 is 0 Å². The van der Waals surface area contributed by atoms with E-state index in [2.05, 4.69) is 15.2 Å². The predicted octanol–water partition coefficient (Wildman–Crippen LogP) is 3.93. The smallest absolute Gasteiger partial charge is 0.204 e. The molecule has 0 unspecified atom stereocenters. The molecule has 0 bridgehead atoms. The van der Waals surface area contributed by atoms with Gasteiger partial charge in [0.05, 0.1) is 12.2 Å². The second-order valence-electron chi connectivity index (χ2n) is 7.89. The van der Waals surface area contributed by atoms with Crippen LogP contribution in [-0.4, -0.2) is 37.6 Å². The molecule has 0 radical (unpaired) electrons. The Hall–Kier alpha value is -3.72. The van der Waals surface area contributed by atoms with Crippen molar-refractivity contribution in [1.82, 2.24) is 19.3 Å². The number of hydrogen-bond acceptors (Lipinski definition) is 6. The summed E-state index contributed by atoms with van der Waals surface area (Å²) in [6.45, 7) is 8.27. The van der Waals surface area contributed by atoms with Gasteiger partial charge in [0.2, 0.25) is 5.78 Å². The maximum absolute atomic E-state index is 12.7. The molecule has 2 N–H and O–H groups in total. The van der Waals surface area contributed by atoms with Crippen LogP contribution in [0.4, 0.5) is 0 Å². The topological polar surface area (TPSA) is 100 Å². The largest absolute Gasteiger partial charge is 0.386 e. The lowest BCUT2D eigenvalue weighted by atomic mass is 10.1. The van der Waals surface area contributed by atoms with E-state index in [0.29, 0.717) is 12.1 Å². The molecule has 0 aliphatic rings. The number of aromatic nitrogens is 4. The highest BCUT2D eigenvalue weighted by molar-refractivity contribution is 7.12. The van der Waals surface area contributed by atoms with Gasteiger partial charge in [-0.05, 0) is 51.5 Å². The number of thiazole rings is 1. The molecule has 0 aliphatic heterocycles. The van der Waals surface area contributed by atoms with E-state index in [1.165, 1.54) is 11.3 Å². The number of nitrogens with two attached hydrogens (primary N) is 1. The molecule has 0 aliphatic carbocycles. The fourth-order valence-electron chi connectivity index (χ4n) is 3.79. The van der Waals surface area contributed by atoms with Crippen LogP contribution >= 0.6 is 11.3 Å². The molecule has 33 heavy (non-hydrogen) atoms. The number of benzene rings is 1. The highest BCUT2D eigenvalue weighted by Crippen LogP contribution is 2.22. The van der Waals surface area contributed by atoms with Crippen LogP contribution in [0.1, 0.15) is 44.3 Å². The second-order valence-corrected chi connectivity index (χ2v) is 8.77. The van der Waals surface area contributed by atoms with Crippen molar-refractivity contribution in [2.24, 2.45) is 10.9 Å². The average Bonchev–Trinajstić information content (AvgIpc) is 3.48. The van der Waals surface area contributed by atoms with E-state index in [1.54, 1.807) is 6.20 Å². The van der Waals surface area contributed by atoms with Gasteiger partial charge in [0.15, 0.2) is 17.6 Å². The normalized spacial score (nSPS) is 11.7. The number of rotatable bonds is 8. The number of Topliss-reactive ketones (excluding diaryl/α,β-unsaturated/α-hetero) is 1. The third-order valence-electron chi connectivity index (χ3n) is 5.36. The minimum Gasteiger partial charge on any atom is -0.386 e. The summed E-state index contributed by atoms with van der Waals surface area (Å²) in [5.74, 6) is 0.0482. The van der Waals surface area contributed by atoms with E-state index in [1.807, 2.05) is 78.7 Å². The zero-order chi connectivity index (χ0) is 23.5. The molecule has 0 saturated heterocycles. The van der Waals surface area contributed by atoms with Crippen molar-refractivity contribution in [1.29, 1.82) is 0 Å². The first-order chi connectivity index (χ1) is 15.8. The lowest BCUT2D eigenvalue weighted by Crippen LogP contribution is -2.16. The zero-order valence-electron chi connectivity index (χ0n) is 19.1. The average molecular weight is 463 g/mol. The minimum atomic E-state index is -0.200. The standard InChI is InChI=1S/C24H26N6O2S/c1-15-10-16(2)29(27-15)13-19-6-5-7-20(12-19)23(25)28-32-14-22(31)21-11-17(3)30(18(21)4)24-26-8-9-33-24/h5-12H,13-14H2,1-4H3,(H2,25,28). The molecule has 0 saturated carbocycles. The SMILES string of the molecule is Cc1cc(C)n(Cc2cccc(/C(N)=N/OCC(=O)c3cc(C)n(-c4nccs4)c3C)c2)n1. The summed E-state index contributed by atoms with van der Waals surface area (Å²) in [7, 11) is 0. The Morgan fingerprint density at radius 1 is 1.15 bits per heavy atom. The third kappa shape index (κ3) is 4.88. The van der Waals surface area contributed by atoms with Crippen LogP contribution in [-0.2, 0) is 11.4 Å². The highest BCUT2D eigenvalue weighted by atomic mass is 32.1. The van der Waals surface area contributed by atoms with Crippen molar-refractivity contribution in [2.45, 2.75) is 34.2 Å². The molecule has 8 nitrogen and oxygen atoms in total. The van der Waals surface area contributed by atoms with Gasteiger partial charge in [-0.25, -0.2) is 4.98 Å². The molecule has 1 aromatic carbocycles. The molecular weight excluding hydrogens is 436 g/mol. The molecule has 9 heteroatoms. The third-order valence-corrected chi connectivity index (χ3v) is 6.12. The molecule has 0 amide bonds. The van der Waals surface area contributed by atoms with E-state index >= 15 is 0 Å². The van der Waals surface area contributed by atoms with Crippen LogP contribution in [0.15, 0.2) is 53.1 Å². The molecule has 4 rings (SSSR count). The number of aryl methyl sites for hydroxylation is 3. The van der Waals surface area contributed by atoms with Crippen molar-refractivity contribution < 1.29 is 9.63 Å². The van der Waals surface area contributed by atoms with Gasteiger partial charge in [0.25, 0.3) is 0 Å². The van der Waals surface area contributed by atoms with Gasteiger partial charge in [-0.2, -0.15) is 5.10 Å². The Morgan fingerprint density at radius 2 is 1.97 bits per heavy atom. The number of amidine groups is 1. The van der Waals surface area contributed by atoms with E-state index < -0.39 is 0 Å². The summed E-state index contributed by atoms with van der Waals surface area (Å²) < 4.78 is 3.91. The quantitative estimate of drug-likeness (QED) is 0.185. The summed E-state index contributed by atoms with van der Waals surface area (Å²) in [5.41, 5.74) is 12.3. The number of carbonyl (C=O) groups excluding carboxylic acids is 1. The highest BCUT2D eigenvalue weighted by Gasteiger charge is 2.18. The van der Waals surface area contributed by atoms with Crippen molar-refractivity contribution in [2.75, 3.05) is 6.61 Å². The minimum absolute atomic E-state index is 0.166. The zero-order valence-corrected chi connectivity index (χ0v) is 19.9. The Bertz CT molecular complexity index is 1320. The molecule has 0 spiro atoms. The lowest BCUT2D eigenvalue weighted by Gasteiger charge is -2.07. The molecule has 3 aromatic heterocycles. The number of ketones is 1. The maximum Gasteiger partial charge on any atom is 0.204 e. The predicted molar refractivity (Wildman–Crippen MR) is 129 cm³/mol. The summed E-state index contributed by atoms with van der Waals surface area (Å²) >= 11 is 1.52. The Balaban J connectivity index is 1.42. The maximum atomic E-state index is 12.7. The first kappa shape index (κ1) is 22.5. The van der Waals surface area contributed by atoms with Gasteiger partial charge in [-0.1, -0.05) is 23.4 Å². The summed E-state index contributed by atoms with van der Waals surface area (Å²) in [4.78, 5) is 22.4. The fourth-order valence-corrected chi connectivity index (χ4v) is 4.55. The molecule has 3 heterocycles. The van der Waals surface area contributed by atoms with Crippen molar-refractivity contribution in [3.8, 4) is 5.13 Å². The van der Waals surface area contributed by atoms with Crippen LogP contribution in [0.3, 0.4) is 0 Å². The van der Waals surface area contributed by atoms with Crippen molar-refractivity contribution in [3.63, 3.8) is 0 Å². The summed E-state index contributed by atoms with van der Waals surface area (Å²) in [6, 6.07) is 11.6. The number of carbonyl (C=O) groups is 1. The van der Waals surface area contributed by atoms with Crippen LogP contribution in [0.2, 0.25) is 0 Å². The molecular formula is C24H26N6O2S. The van der Waals surface area contributed by atoms with Gasteiger partial charge in [-0.15, -0.1) is 11.3 Å². The summed E-state index contributed by atoms with van der Waals surface area (Å²) in [6.07, 6.45) is 1.74. The first-order valence-electron chi connectivity index (χ1n) is 10.5. The monoisotopic (exact) mass is 462 g/mol. The van der Waals surface area contributed by atoms with E-state index in [4.69, 9.17) is 10.6 Å². The Labute approximate surface area is 196 Å². The van der Waals surface area contributed by atoms with Crippen molar-refractivity contribution >= 4 is 23.0 Å². The lowest BCUT2D eigenvalue weighted by molar-refractivity contribution is 0.0775. The van der Waals surface area contributed by atoms with E-state index in [9.17, 15) is 4.79 Å². The van der Waals surface area contributed by atoms with Gasteiger partial charge in [0, 0.05) is 39.8 Å². The first-order valence-corrected chi connectivity index (χ1v) is 11.4. The van der Waals surface area contributed by atoms with Crippen LogP contribution in [0.5, 0.6) is 0 Å². The van der Waals surface area contributed by atoms with Gasteiger partial charge in [0.1, 0.15) is 0 Å². The second kappa shape index (κ2) is 9.41. The fraction of sp³-hybridized carbons (Fsp3) is 0.250. The van der Waals surface area contributed by atoms with Crippen LogP contribution in [0, 0.1) is 27.7 Å². The van der Waals surface area contributed by atoms with Crippen LogP contribution < -0.4 is 5.73 Å². The molecule has 0 atom stereocenters. The molecule has 170 valence electrons. The molecule has 4 aromatic rings. The number of hydrogen-bond donors (Lipinski definition) is 1. The summed E-state index contributed by atoms with van der Waals surface area (Å²) in [5, 5.41) is 11.2. The van der Waals surface area contributed by atoms with E-state index in [-0.39, 0.29) is 18.2 Å². The number of oxime groups is 1. The van der Waals surface area contributed by atoms with Crippen molar-refractivity contribution in [3.05, 3.63) is 87.4 Å². The van der Waals surface area contributed by atoms with Gasteiger partial charge < -0.3 is 10.6 Å². The van der Waals surface area contributed by atoms with E-state index in [0.717, 1.165) is 39.0 Å². The number of nitrogens with zero attached hydrogens (tertiary/aromatic N) is 5.